The summed E-state index contributed by atoms with van der Waals surface area (Å²) in [6.45, 7) is 7.47. The number of nitrogens with zero attached hydrogens (tertiary/aromatic N) is 4. The quantitative estimate of drug-likeness (QED) is 0.409. The summed E-state index contributed by atoms with van der Waals surface area (Å²) >= 11 is 1.15. The fraction of sp³-hybridized carbons (Fsp3) is 0.261. The lowest BCUT2D eigenvalue weighted by molar-refractivity contribution is 0.0514. The van der Waals surface area contributed by atoms with Crippen molar-refractivity contribution in [3.05, 3.63) is 48.7 Å². The summed E-state index contributed by atoms with van der Waals surface area (Å²) in [7, 11) is 0. The number of fused-ring (bicyclic) bond motifs is 1. The Morgan fingerprint density at radius 1 is 1.24 bits per heavy atom. The molecule has 3 aromatic heterocycles. The van der Waals surface area contributed by atoms with E-state index in [1.807, 2.05) is 6.07 Å². The monoisotopic (exact) mass is 482 g/mol. The van der Waals surface area contributed by atoms with Gasteiger partial charge in [0.2, 0.25) is 0 Å². The van der Waals surface area contributed by atoms with Gasteiger partial charge in [-0.15, -0.1) is 0 Å². The summed E-state index contributed by atoms with van der Waals surface area (Å²) in [6.07, 6.45) is 3.75. The van der Waals surface area contributed by atoms with Gasteiger partial charge in [-0.05, 0) is 45.9 Å². The van der Waals surface area contributed by atoms with Crippen LogP contribution < -0.4 is 10.6 Å². The molecule has 2 amide bonds. The van der Waals surface area contributed by atoms with Crippen LogP contribution in [-0.2, 0) is 4.74 Å². The molecule has 0 fully saturated rings. The number of carbonyl (C=O) groups excluding carboxylic acids is 2. The Morgan fingerprint density at radius 2 is 2.03 bits per heavy atom. The van der Waals surface area contributed by atoms with E-state index in [0.717, 1.165) is 16.0 Å². The number of halogens is 1. The number of amides is 2. The Kier molecular flexibility index (Phi) is 6.29. The van der Waals surface area contributed by atoms with Crippen LogP contribution in [0.25, 0.3) is 32.6 Å². The van der Waals surface area contributed by atoms with Crippen molar-refractivity contribution < 1.29 is 18.7 Å². The predicted molar refractivity (Wildman–Crippen MR) is 128 cm³/mol. The Morgan fingerprint density at radius 3 is 2.71 bits per heavy atom. The molecule has 0 aliphatic heterocycles. The van der Waals surface area contributed by atoms with Crippen molar-refractivity contribution in [2.24, 2.45) is 0 Å². The molecule has 0 saturated heterocycles. The van der Waals surface area contributed by atoms with Crippen LogP contribution in [-0.4, -0.2) is 44.0 Å². The van der Waals surface area contributed by atoms with E-state index >= 15 is 4.39 Å². The second-order valence-electron chi connectivity index (χ2n) is 8.34. The number of aromatic nitrogens is 4. The largest absolute Gasteiger partial charge is 0.442 e. The minimum atomic E-state index is -0.701. The van der Waals surface area contributed by atoms with E-state index in [9.17, 15) is 9.59 Å². The fourth-order valence-corrected chi connectivity index (χ4v) is 4.18. The first kappa shape index (κ1) is 23.3. The van der Waals surface area contributed by atoms with E-state index in [1.54, 1.807) is 52.1 Å². The second-order valence-corrected chi connectivity index (χ2v) is 9.33. The molecule has 2 N–H and O–H groups in total. The zero-order valence-corrected chi connectivity index (χ0v) is 19.9. The number of carbonyl (C=O) groups is 2. The average molecular weight is 483 g/mol. The minimum Gasteiger partial charge on any atom is -0.442 e. The van der Waals surface area contributed by atoms with E-state index in [4.69, 9.17) is 4.74 Å². The van der Waals surface area contributed by atoms with Crippen molar-refractivity contribution >= 4 is 38.8 Å². The van der Waals surface area contributed by atoms with E-state index in [1.165, 1.54) is 12.4 Å². The lowest BCUT2D eigenvalue weighted by atomic mass is 10.0. The summed E-state index contributed by atoms with van der Waals surface area (Å²) in [5.41, 5.74) is 1.19. The van der Waals surface area contributed by atoms with Gasteiger partial charge in [-0.25, -0.2) is 19.0 Å². The van der Waals surface area contributed by atoms with Crippen LogP contribution in [0.3, 0.4) is 0 Å². The molecule has 11 heteroatoms. The molecular weight excluding hydrogens is 459 g/mol. The van der Waals surface area contributed by atoms with E-state index in [-0.39, 0.29) is 16.2 Å². The molecule has 0 aliphatic carbocycles. The number of rotatable bonds is 4. The molecule has 1 aromatic carbocycles. The number of anilines is 1. The van der Waals surface area contributed by atoms with Crippen LogP contribution in [0.1, 0.15) is 27.7 Å². The highest BCUT2D eigenvalue weighted by atomic mass is 32.1. The molecule has 0 radical (unpaired) electrons. The zero-order chi connectivity index (χ0) is 24.5. The predicted octanol–water partition coefficient (Wildman–Crippen LogP) is 5.29. The molecule has 0 atom stereocenters. The highest BCUT2D eigenvalue weighted by Gasteiger charge is 2.23. The third kappa shape index (κ3) is 4.88. The minimum absolute atomic E-state index is 0.0833. The molecule has 34 heavy (non-hydrogen) atoms. The topological polar surface area (TPSA) is 111 Å². The maximum Gasteiger partial charge on any atom is 0.435 e. The normalized spacial score (nSPS) is 11.4. The van der Waals surface area contributed by atoms with Crippen LogP contribution in [0.5, 0.6) is 0 Å². The highest BCUT2D eigenvalue weighted by Crippen LogP contribution is 2.40. The summed E-state index contributed by atoms with van der Waals surface area (Å²) in [5.74, 6) is -0.599. The Balaban J connectivity index is 1.83. The van der Waals surface area contributed by atoms with Crippen molar-refractivity contribution in [1.82, 2.24) is 25.1 Å². The van der Waals surface area contributed by atoms with Crippen molar-refractivity contribution in [3.63, 3.8) is 0 Å². The molecule has 176 valence electrons. The number of hydrogen-bond donors (Lipinski definition) is 2. The standard InChI is InChI=1S/C23H23FN6O3S/c1-5-25-20(31)29-21-28-18-17(24)14(10-15(19(18)34-21)16-8-6-7-9-26-16)13-11-27-30(12-13)22(32)33-23(2,3)4/h6-12H,5H2,1-4H3,(H2,25,28,29,31). The molecular formula is C23H23FN6O3S. The average Bonchev–Trinajstić information content (AvgIpc) is 3.42. The molecule has 4 rings (SSSR count). The van der Waals surface area contributed by atoms with Gasteiger partial charge in [-0.3, -0.25) is 10.3 Å². The van der Waals surface area contributed by atoms with Crippen LogP contribution in [0.15, 0.2) is 42.9 Å². The van der Waals surface area contributed by atoms with Crippen LogP contribution >= 0.6 is 11.3 Å². The third-order valence-corrected chi connectivity index (χ3v) is 5.58. The molecule has 0 unspecified atom stereocenters. The van der Waals surface area contributed by atoms with Gasteiger partial charge in [0.1, 0.15) is 11.1 Å². The maximum atomic E-state index is 15.7. The first-order chi connectivity index (χ1) is 16.2. The number of urea groups is 1. The van der Waals surface area contributed by atoms with Gasteiger partial charge in [0.25, 0.3) is 0 Å². The number of pyridine rings is 1. The highest BCUT2D eigenvalue weighted by molar-refractivity contribution is 7.22. The number of thiazole rings is 1. The second kappa shape index (κ2) is 9.18. The van der Waals surface area contributed by atoms with Gasteiger partial charge in [-0.1, -0.05) is 17.4 Å². The molecule has 0 spiro atoms. The lowest BCUT2D eigenvalue weighted by Gasteiger charge is -2.18. The smallest absolute Gasteiger partial charge is 0.435 e. The van der Waals surface area contributed by atoms with Crippen molar-refractivity contribution in [1.29, 1.82) is 0 Å². The van der Waals surface area contributed by atoms with Gasteiger partial charge >= 0.3 is 12.1 Å². The van der Waals surface area contributed by atoms with Crippen molar-refractivity contribution in [2.45, 2.75) is 33.3 Å². The summed E-state index contributed by atoms with van der Waals surface area (Å²) in [5, 5.41) is 9.54. The first-order valence-electron chi connectivity index (χ1n) is 10.5. The van der Waals surface area contributed by atoms with E-state index in [2.05, 4.69) is 25.7 Å². The molecule has 3 heterocycles. The molecule has 9 nitrogen and oxygen atoms in total. The SMILES string of the molecule is CCNC(=O)Nc1nc2c(F)c(-c3cnn(C(=O)OC(C)(C)C)c3)cc(-c3ccccn3)c2s1. The summed E-state index contributed by atoms with van der Waals surface area (Å²) in [4.78, 5) is 33.1. The van der Waals surface area contributed by atoms with Crippen LogP contribution in [0.4, 0.5) is 19.1 Å². The third-order valence-electron chi connectivity index (χ3n) is 4.58. The van der Waals surface area contributed by atoms with Gasteiger partial charge < -0.3 is 10.1 Å². The first-order valence-corrected chi connectivity index (χ1v) is 11.4. The molecule has 0 bridgehead atoms. The van der Waals surface area contributed by atoms with Crippen LogP contribution in [0, 0.1) is 5.82 Å². The maximum absolute atomic E-state index is 15.7. The molecule has 0 aliphatic rings. The zero-order valence-electron chi connectivity index (χ0n) is 19.0. The van der Waals surface area contributed by atoms with Crippen LogP contribution in [0.2, 0.25) is 0 Å². The van der Waals surface area contributed by atoms with Gasteiger partial charge in [0, 0.05) is 35.6 Å². The molecule has 4 aromatic rings. The summed E-state index contributed by atoms with van der Waals surface area (Å²) < 4.78 is 22.6. The number of benzene rings is 1. The Hall–Kier alpha value is -3.86. The number of ether oxygens (including phenoxy) is 1. The number of hydrogen-bond acceptors (Lipinski definition) is 7. The van der Waals surface area contributed by atoms with E-state index in [0.29, 0.717) is 28.1 Å². The van der Waals surface area contributed by atoms with Crippen molar-refractivity contribution in [2.75, 3.05) is 11.9 Å². The van der Waals surface area contributed by atoms with E-state index < -0.39 is 23.5 Å². The Labute approximate surface area is 199 Å². The van der Waals surface area contributed by atoms with Crippen molar-refractivity contribution in [3.8, 4) is 22.4 Å². The number of nitrogens with one attached hydrogen (secondary N) is 2. The fourth-order valence-electron chi connectivity index (χ4n) is 3.20. The van der Waals surface area contributed by atoms with Gasteiger partial charge in [-0.2, -0.15) is 9.78 Å². The Bertz CT molecular complexity index is 1360. The van der Waals surface area contributed by atoms with Gasteiger partial charge in [0.15, 0.2) is 10.9 Å². The van der Waals surface area contributed by atoms with Gasteiger partial charge in [0.05, 0.1) is 16.6 Å². The molecule has 0 saturated carbocycles. The lowest BCUT2D eigenvalue weighted by Crippen LogP contribution is -2.28. The summed E-state index contributed by atoms with van der Waals surface area (Å²) in [6, 6.07) is 6.62.